The summed E-state index contributed by atoms with van der Waals surface area (Å²) in [6, 6.07) is 9.97. The molecule has 2 aliphatic rings. The maximum Gasteiger partial charge on any atom is 0.242 e. The Morgan fingerprint density at radius 1 is 1.19 bits per heavy atom. The zero-order valence-corrected chi connectivity index (χ0v) is 15.4. The summed E-state index contributed by atoms with van der Waals surface area (Å²) in [7, 11) is 0. The van der Waals surface area contributed by atoms with Crippen molar-refractivity contribution < 1.29 is 14.7 Å². The molecule has 6 heteroatoms. The Morgan fingerprint density at radius 2 is 2.04 bits per heavy atom. The third kappa shape index (κ3) is 3.81. The van der Waals surface area contributed by atoms with Crippen LogP contribution in [0.1, 0.15) is 24.8 Å². The Bertz CT molecular complexity index is 848. The van der Waals surface area contributed by atoms with Gasteiger partial charge < -0.3 is 14.9 Å². The van der Waals surface area contributed by atoms with Crippen molar-refractivity contribution in [2.75, 3.05) is 26.2 Å². The van der Waals surface area contributed by atoms with Crippen LogP contribution in [0.25, 0.3) is 10.9 Å². The monoisotopic (exact) mass is 367 g/mol. The van der Waals surface area contributed by atoms with Crippen molar-refractivity contribution in [1.29, 1.82) is 0 Å². The van der Waals surface area contributed by atoms with Gasteiger partial charge in [0.2, 0.25) is 11.8 Å². The van der Waals surface area contributed by atoms with Crippen molar-refractivity contribution in [3.63, 3.8) is 0 Å². The molecule has 2 aromatic rings. The minimum absolute atomic E-state index is 0.00295. The quantitative estimate of drug-likeness (QED) is 0.891. The lowest BCUT2D eigenvalue weighted by Gasteiger charge is -2.28. The van der Waals surface area contributed by atoms with Crippen LogP contribution >= 0.6 is 0 Å². The zero-order chi connectivity index (χ0) is 18.8. The van der Waals surface area contributed by atoms with Crippen molar-refractivity contribution in [1.82, 2.24) is 14.8 Å². The Kier molecular flexibility index (Phi) is 5.07. The van der Waals surface area contributed by atoms with Crippen LogP contribution < -0.4 is 0 Å². The Morgan fingerprint density at radius 3 is 2.89 bits per heavy atom. The smallest absolute Gasteiger partial charge is 0.242 e. The van der Waals surface area contributed by atoms with Gasteiger partial charge in [-0.25, -0.2) is 0 Å². The normalized spacial score (nSPS) is 23.2. The first-order valence-electron chi connectivity index (χ1n) is 9.68. The van der Waals surface area contributed by atoms with E-state index in [1.54, 1.807) is 16.0 Å². The summed E-state index contributed by atoms with van der Waals surface area (Å²) in [6.07, 6.45) is 4.36. The van der Waals surface area contributed by atoms with Gasteiger partial charge in [-0.2, -0.15) is 0 Å². The Labute approximate surface area is 158 Å². The molecule has 2 fully saturated rings. The van der Waals surface area contributed by atoms with Crippen LogP contribution in [0.5, 0.6) is 0 Å². The number of hydrogen-bond acceptors (Lipinski definition) is 4. The van der Waals surface area contributed by atoms with Crippen molar-refractivity contribution in [3.05, 3.63) is 42.1 Å². The number of para-hydroxylation sites is 1. The molecule has 2 saturated heterocycles. The highest BCUT2D eigenvalue weighted by Gasteiger charge is 2.35. The largest absolute Gasteiger partial charge is 0.391 e. The highest BCUT2D eigenvalue weighted by molar-refractivity contribution is 5.85. The van der Waals surface area contributed by atoms with Gasteiger partial charge in [-0.3, -0.25) is 14.6 Å². The number of hydrogen-bond donors (Lipinski definition) is 1. The van der Waals surface area contributed by atoms with Gasteiger partial charge in [0.05, 0.1) is 18.2 Å². The maximum atomic E-state index is 12.6. The first-order chi connectivity index (χ1) is 13.1. The second kappa shape index (κ2) is 7.64. The number of fused-ring (bicyclic) bond motifs is 1. The number of pyridine rings is 1. The van der Waals surface area contributed by atoms with Crippen LogP contribution in [0.3, 0.4) is 0 Å². The van der Waals surface area contributed by atoms with Crippen LogP contribution in [0.2, 0.25) is 0 Å². The third-order valence-corrected chi connectivity index (χ3v) is 5.73. The van der Waals surface area contributed by atoms with Crippen LogP contribution in [-0.4, -0.2) is 64.0 Å². The number of likely N-dealkylation sites (tertiary alicyclic amines) is 2. The summed E-state index contributed by atoms with van der Waals surface area (Å²) < 4.78 is 0. The van der Waals surface area contributed by atoms with Crippen LogP contribution in [0.4, 0.5) is 0 Å². The van der Waals surface area contributed by atoms with E-state index in [1.807, 2.05) is 30.3 Å². The molecule has 1 aromatic heterocycles. The molecule has 0 spiro atoms. The summed E-state index contributed by atoms with van der Waals surface area (Å²) in [5.74, 6) is -0.00245. The number of aromatic nitrogens is 1. The van der Waals surface area contributed by atoms with E-state index in [9.17, 15) is 14.7 Å². The molecule has 0 bridgehead atoms. The lowest BCUT2D eigenvalue weighted by atomic mass is 9.94. The van der Waals surface area contributed by atoms with Crippen LogP contribution in [-0.2, 0) is 16.0 Å². The number of carbonyl (C=O) groups excluding carboxylic acids is 2. The van der Waals surface area contributed by atoms with Gasteiger partial charge in [0, 0.05) is 43.6 Å². The predicted octanol–water partition coefficient (Wildman–Crippen LogP) is 1.61. The predicted molar refractivity (Wildman–Crippen MR) is 102 cm³/mol. The fraction of sp³-hybridized carbons (Fsp3) is 0.476. The third-order valence-electron chi connectivity index (χ3n) is 5.73. The van der Waals surface area contributed by atoms with E-state index in [2.05, 4.69) is 4.98 Å². The fourth-order valence-corrected chi connectivity index (χ4v) is 4.17. The Balaban J connectivity index is 1.42. The van der Waals surface area contributed by atoms with Crippen molar-refractivity contribution >= 4 is 22.7 Å². The van der Waals surface area contributed by atoms with Gasteiger partial charge in [0.25, 0.3) is 0 Å². The molecule has 1 N–H and O–H groups in total. The molecule has 4 rings (SSSR count). The second-order valence-electron chi connectivity index (χ2n) is 7.59. The number of aliphatic hydroxyl groups excluding tert-OH is 1. The highest BCUT2D eigenvalue weighted by Crippen LogP contribution is 2.25. The van der Waals surface area contributed by atoms with Crippen LogP contribution in [0, 0.1) is 5.92 Å². The van der Waals surface area contributed by atoms with Gasteiger partial charge in [-0.05, 0) is 37.0 Å². The number of amides is 2. The van der Waals surface area contributed by atoms with E-state index >= 15 is 0 Å². The number of piperidine rings is 1. The van der Waals surface area contributed by atoms with E-state index < -0.39 is 6.10 Å². The molecule has 27 heavy (non-hydrogen) atoms. The molecular formula is C21H25N3O3. The molecule has 142 valence electrons. The molecular weight excluding hydrogens is 342 g/mol. The molecule has 0 radical (unpaired) electrons. The standard InChI is InChI=1S/C21H25N3O3/c25-19-13-24(21(27)14-23-10-4-3-7-20(23)26)12-16(19)11-15-8-9-22-18-6-2-1-5-17(15)18/h1-2,5-6,8-9,16,19,25H,3-4,7,10-14H2/t16-,19-/m1/s1. The molecule has 6 nitrogen and oxygen atoms in total. The number of aliphatic hydroxyl groups is 1. The zero-order valence-electron chi connectivity index (χ0n) is 15.4. The second-order valence-corrected chi connectivity index (χ2v) is 7.59. The maximum absolute atomic E-state index is 12.6. The summed E-state index contributed by atoms with van der Waals surface area (Å²) in [4.78, 5) is 32.3. The lowest BCUT2D eigenvalue weighted by molar-refractivity contribution is -0.141. The van der Waals surface area contributed by atoms with Gasteiger partial charge >= 0.3 is 0 Å². The Hall–Kier alpha value is -2.47. The van der Waals surface area contributed by atoms with E-state index in [0.29, 0.717) is 32.5 Å². The van der Waals surface area contributed by atoms with Crippen LogP contribution in [0.15, 0.2) is 36.5 Å². The number of rotatable bonds is 4. The van der Waals surface area contributed by atoms with Crippen molar-refractivity contribution in [2.45, 2.75) is 31.8 Å². The van der Waals surface area contributed by atoms with E-state index in [0.717, 1.165) is 29.3 Å². The van der Waals surface area contributed by atoms with Gasteiger partial charge in [-0.15, -0.1) is 0 Å². The minimum Gasteiger partial charge on any atom is -0.391 e. The SMILES string of the molecule is O=C1CCCCN1CC(=O)N1C[C@@H](Cc2ccnc3ccccc23)[C@H](O)C1. The summed E-state index contributed by atoms with van der Waals surface area (Å²) in [6.45, 7) is 1.66. The number of benzene rings is 1. The summed E-state index contributed by atoms with van der Waals surface area (Å²) in [5.41, 5.74) is 2.09. The first-order valence-corrected chi connectivity index (χ1v) is 9.68. The highest BCUT2D eigenvalue weighted by atomic mass is 16.3. The first kappa shape index (κ1) is 17.9. The van der Waals surface area contributed by atoms with Gasteiger partial charge in [0.15, 0.2) is 0 Å². The molecule has 3 heterocycles. The fourth-order valence-electron chi connectivity index (χ4n) is 4.17. The molecule has 0 aliphatic carbocycles. The lowest BCUT2D eigenvalue weighted by Crippen LogP contribution is -2.44. The average molecular weight is 367 g/mol. The van der Waals surface area contributed by atoms with E-state index in [4.69, 9.17) is 0 Å². The van der Waals surface area contributed by atoms with E-state index in [-0.39, 0.29) is 24.3 Å². The van der Waals surface area contributed by atoms with Crippen molar-refractivity contribution in [2.24, 2.45) is 5.92 Å². The number of nitrogens with zero attached hydrogens (tertiary/aromatic N) is 3. The average Bonchev–Trinajstić information content (AvgIpc) is 3.05. The molecule has 0 saturated carbocycles. The molecule has 1 aromatic carbocycles. The number of β-amino-alcohol motifs (C(OH)–C–C–N with tert-alkyl or cyclic N) is 1. The minimum atomic E-state index is -0.544. The molecule has 2 aliphatic heterocycles. The number of carbonyl (C=O) groups is 2. The molecule has 2 amide bonds. The topological polar surface area (TPSA) is 73.7 Å². The van der Waals surface area contributed by atoms with Gasteiger partial charge in [0.1, 0.15) is 0 Å². The summed E-state index contributed by atoms with van der Waals surface area (Å²) >= 11 is 0. The van der Waals surface area contributed by atoms with Gasteiger partial charge in [-0.1, -0.05) is 18.2 Å². The summed E-state index contributed by atoms with van der Waals surface area (Å²) in [5, 5.41) is 11.6. The molecule has 0 unspecified atom stereocenters. The molecule has 2 atom stereocenters. The van der Waals surface area contributed by atoms with E-state index in [1.165, 1.54) is 0 Å². The van der Waals surface area contributed by atoms with Crippen molar-refractivity contribution in [3.8, 4) is 0 Å².